The van der Waals surface area contributed by atoms with Crippen molar-refractivity contribution in [3.8, 4) is 0 Å². The van der Waals surface area contributed by atoms with E-state index in [1.165, 1.54) is 6.08 Å². The lowest BCUT2D eigenvalue weighted by atomic mass is 9.88. The molecule has 0 radical (unpaired) electrons. The van der Waals surface area contributed by atoms with Crippen LogP contribution in [0.4, 0.5) is 4.39 Å². The van der Waals surface area contributed by atoms with Crippen LogP contribution in [-0.4, -0.2) is 63.7 Å². The number of benzene rings is 1. The minimum atomic E-state index is -2.05. The van der Waals surface area contributed by atoms with E-state index in [1.54, 1.807) is 17.1 Å². The molecule has 1 spiro atoms. The lowest BCUT2D eigenvalue weighted by Gasteiger charge is -2.34. The Labute approximate surface area is 198 Å². The molecule has 2 saturated carbocycles. The van der Waals surface area contributed by atoms with Gasteiger partial charge in [-0.05, 0) is 55.2 Å². The number of hydrogen-bond acceptors (Lipinski definition) is 3. The van der Waals surface area contributed by atoms with Crippen LogP contribution in [0, 0.1) is 11.8 Å². The summed E-state index contributed by atoms with van der Waals surface area (Å²) in [7, 11) is 0. The number of amidine groups is 1. The summed E-state index contributed by atoms with van der Waals surface area (Å²) in [6.07, 6.45) is 9.01. The molecule has 1 aromatic carbocycles. The second kappa shape index (κ2) is 7.52. The van der Waals surface area contributed by atoms with Gasteiger partial charge in [0, 0.05) is 25.6 Å². The number of carbonyl (C=O) groups excluding carboxylic acids is 2. The zero-order chi connectivity index (χ0) is 22.8. The minimum absolute atomic E-state index is 0.114. The standard InChI is InChI=1S/C26H27ClFN3O2/c27-21-14-20(18-4-2-1-3-5-18)8-10-26(21,28)23-29-25(11-12-25)24(33)31(23)16-17-9-13-30(15-17)22(32)19-6-7-19/h1-5,8,10,14,17,19,21H,6-7,9,11-13,15-16H2/t17-,21?,26?/m1/s1. The summed E-state index contributed by atoms with van der Waals surface area (Å²) >= 11 is 6.62. The predicted octanol–water partition coefficient (Wildman–Crippen LogP) is 3.99. The molecule has 2 unspecified atom stereocenters. The summed E-state index contributed by atoms with van der Waals surface area (Å²) in [5.41, 5.74) is -1.03. The average molecular weight is 468 g/mol. The molecule has 3 aliphatic carbocycles. The molecule has 0 aromatic heterocycles. The summed E-state index contributed by atoms with van der Waals surface area (Å²) in [5, 5.41) is -0.975. The van der Waals surface area contributed by atoms with Gasteiger partial charge in [-0.2, -0.15) is 0 Å². The molecule has 2 amide bonds. The van der Waals surface area contributed by atoms with Gasteiger partial charge in [-0.1, -0.05) is 42.5 Å². The molecule has 5 aliphatic rings. The summed E-state index contributed by atoms with van der Waals surface area (Å²) in [6.45, 7) is 1.71. The van der Waals surface area contributed by atoms with Gasteiger partial charge in [-0.25, -0.2) is 4.39 Å². The normalized spacial score (nSPS) is 32.4. The van der Waals surface area contributed by atoms with Gasteiger partial charge in [0.15, 0.2) is 5.84 Å². The zero-order valence-corrected chi connectivity index (χ0v) is 19.2. The van der Waals surface area contributed by atoms with E-state index in [0.29, 0.717) is 32.5 Å². The lowest BCUT2D eigenvalue weighted by Crippen LogP contribution is -2.52. The summed E-state index contributed by atoms with van der Waals surface area (Å²) < 4.78 is 16.5. The van der Waals surface area contributed by atoms with E-state index in [2.05, 4.69) is 4.99 Å². The quantitative estimate of drug-likeness (QED) is 0.615. The number of nitrogens with zero attached hydrogens (tertiary/aromatic N) is 3. The van der Waals surface area contributed by atoms with Crippen molar-refractivity contribution < 1.29 is 14.0 Å². The first-order valence-corrected chi connectivity index (χ1v) is 12.3. The Morgan fingerprint density at radius 2 is 1.94 bits per heavy atom. The number of carbonyl (C=O) groups is 2. The summed E-state index contributed by atoms with van der Waals surface area (Å²) in [5.74, 6) is 0.562. The Morgan fingerprint density at radius 3 is 2.61 bits per heavy atom. The summed E-state index contributed by atoms with van der Waals surface area (Å²) in [4.78, 5) is 33.8. The Balaban J connectivity index is 1.23. The number of amides is 2. The number of halogens is 2. The van der Waals surface area contributed by atoms with Crippen molar-refractivity contribution in [3.05, 3.63) is 54.1 Å². The van der Waals surface area contributed by atoms with Crippen molar-refractivity contribution in [1.82, 2.24) is 9.80 Å². The second-order valence-electron chi connectivity index (χ2n) is 10.1. The number of rotatable bonds is 5. The third kappa shape index (κ3) is 3.54. The van der Waals surface area contributed by atoms with Gasteiger partial charge >= 0.3 is 0 Å². The Kier molecular flexibility index (Phi) is 4.81. The molecule has 2 aliphatic heterocycles. The fourth-order valence-electron chi connectivity index (χ4n) is 5.25. The van der Waals surface area contributed by atoms with Crippen molar-refractivity contribution in [1.29, 1.82) is 0 Å². The lowest BCUT2D eigenvalue weighted by molar-refractivity contribution is -0.131. The average Bonchev–Trinajstić information content (AvgIpc) is 3.75. The van der Waals surface area contributed by atoms with E-state index in [0.717, 1.165) is 30.4 Å². The second-order valence-corrected chi connectivity index (χ2v) is 10.6. The molecule has 172 valence electrons. The van der Waals surface area contributed by atoms with Crippen LogP contribution in [0.2, 0.25) is 0 Å². The molecule has 2 heterocycles. The van der Waals surface area contributed by atoms with Crippen LogP contribution >= 0.6 is 11.6 Å². The van der Waals surface area contributed by atoms with Crippen molar-refractivity contribution in [2.75, 3.05) is 19.6 Å². The fraction of sp³-hybridized carbons (Fsp3) is 0.500. The third-order valence-electron chi connectivity index (χ3n) is 7.59. The van der Waals surface area contributed by atoms with Crippen molar-refractivity contribution >= 4 is 34.8 Å². The number of aliphatic imine (C=N–C) groups is 1. The SMILES string of the molecule is O=C(C1CC1)N1CC[C@@H](CN2C(=O)C3(CC3)N=C2C2(F)C=CC(c3ccccc3)=CC2Cl)C1. The maximum atomic E-state index is 16.5. The highest BCUT2D eigenvalue weighted by atomic mass is 35.5. The van der Waals surface area contributed by atoms with Crippen LogP contribution < -0.4 is 0 Å². The van der Waals surface area contributed by atoms with E-state index >= 15 is 4.39 Å². The van der Waals surface area contributed by atoms with Gasteiger partial charge in [0.1, 0.15) is 5.54 Å². The fourth-order valence-corrected chi connectivity index (χ4v) is 5.56. The molecule has 33 heavy (non-hydrogen) atoms. The minimum Gasteiger partial charge on any atom is -0.342 e. The molecule has 1 saturated heterocycles. The maximum Gasteiger partial charge on any atom is 0.255 e. The zero-order valence-electron chi connectivity index (χ0n) is 18.4. The molecule has 0 bridgehead atoms. The van der Waals surface area contributed by atoms with Gasteiger partial charge in [0.2, 0.25) is 11.6 Å². The molecular formula is C26H27ClFN3O2. The van der Waals surface area contributed by atoms with Gasteiger partial charge < -0.3 is 4.90 Å². The summed E-state index contributed by atoms with van der Waals surface area (Å²) in [6, 6.07) is 9.72. The first-order valence-electron chi connectivity index (χ1n) is 11.9. The van der Waals surface area contributed by atoms with Gasteiger partial charge in [-0.3, -0.25) is 19.5 Å². The molecule has 0 N–H and O–H groups in total. The van der Waals surface area contributed by atoms with Crippen LogP contribution in [0.15, 0.2) is 53.6 Å². The predicted molar refractivity (Wildman–Crippen MR) is 126 cm³/mol. The van der Waals surface area contributed by atoms with Crippen LogP contribution in [0.5, 0.6) is 0 Å². The van der Waals surface area contributed by atoms with Gasteiger partial charge in [0.05, 0.1) is 5.38 Å². The molecule has 3 atom stereocenters. The third-order valence-corrected chi connectivity index (χ3v) is 8.03. The highest BCUT2D eigenvalue weighted by molar-refractivity contribution is 6.27. The Hall–Kier alpha value is -2.47. The Morgan fingerprint density at radius 1 is 1.18 bits per heavy atom. The van der Waals surface area contributed by atoms with Crippen LogP contribution in [0.25, 0.3) is 5.57 Å². The molecule has 1 aromatic rings. The molecule has 3 fully saturated rings. The van der Waals surface area contributed by atoms with Gasteiger partial charge in [-0.15, -0.1) is 11.6 Å². The first kappa shape index (κ1) is 21.1. The molecule has 6 rings (SSSR count). The van der Waals surface area contributed by atoms with E-state index in [9.17, 15) is 9.59 Å². The topological polar surface area (TPSA) is 53.0 Å². The van der Waals surface area contributed by atoms with Gasteiger partial charge in [0.25, 0.3) is 5.91 Å². The highest BCUT2D eigenvalue weighted by Crippen LogP contribution is 2.49. The number of allylic oxidation sites excluding steroid dienone is 3. The number of hydrogen-bond donors (Lipinski definition) is 0. The van der Waals surface area contributed by atoms with Crippen LogP contribution in [-0.2, 0) is 9.59 Å². The monoisotopic (exact) mass is 467 g/mol. The largest absolute Gasteiger partial charge is 0.342 e. The Bertz CT molecular complexity index is 1090. The van der Waals surface area contributed by atoms with Crippen molar-refractivity contribution in [2.24, 2.45) is 16.8 Å². The van der Waals surface area contributed by atoms with E-state index < -0.39 is 16.6 Å². The van der Waals surface area contributed by atoms with Crippen molar-refractivity contribution in [3.63, 3.8) is 0 Å². The van der Waals surface area contributed by atoms with E-state index in [4.69, 9.17) is 11.6 Å². The van der Waals surface area contributed by atoms with Crippen LogP contribution in [0.3, 0.4) is 0 Å². The van der Waals surface area contributed by atoms with E-state index in [1.807, 2.05) is 35.2 Å². The smallest absolute Gasteiger partial charge is 0.255 e. The van der Waals surface area contributed by atoms with Crippen molar-refractivity contribution in [2.45, 2.75) is 48.7 Å². The van der Waals surface area contributed by atoms with Crippen LogP contribution in [0.1, 0.15) is 37.7 Å². The molecular weight excluding hydrogens is 441 g/mol. The maximum absolute atomic E-state index is 16.5. The highest BCUT2D eigenvalue weighted by Gasteiger charge is 2.62. The number of alkyl halides is 2. The molecule has 7 heteroatoms. The first-order chi connectivity index (χ1) is 15.9. The van der Waals surface area contributed by atoms with E-state index in [-0.39, 0.29) is 29.5 Å². The number of likely N-dealkylation sites (tertiary alicyclic amines) is 1. The molecule has 5 nitrogen and oxygen atoms in total.